The standard InChI is InChI=1S/C9H9BrFN5O/c1-6(4-16-5-12-14-15-16)17-9-7(11)2-3-8(10)13-9/h2-3,5-6H,4H2,1H3/t6-/m0/s1. The van der Waals surface area contributed by atoms with E-state index in [-0.39, 0.29) is 12.0 Å². The summed E-state index contributed by atoms with van der Waals surface area (Å²) in [5, 5.41) is 10.7. The van der Waals surface area contributed by atoms with Crippen LogP contribution < -0.4 is 4.74 Å². The molecule has 0 aliphatic rings. The van der Waals surface area contributed by atoms with Crippen LogP contribution in [0.2, 0.25) is 0 Å². The van der Waals surface area contributed by atoms with Gasteiger partial charge >= 0.3 is 0 Å². The Balaban J connectivity index is 2.02. The minimum atomic E-state index is -0.503. The molecule has 8 heteroatoms. The van der Waals surface area contributed by atoms with E-state index in [1.54, 1.807) is 6.92 Å². The summed E-state index contributed by atoms with van der Waals surface area (Å²) in [6.07, 6.45) is 1.17. The minimum absolute atomic E-state index is 0.0417. The van der Waals surface area contributed by atoms with Crippen molar-refractivity contribution in [2.75, 3.05) is 0 Å². The first-order valence-electron chi connectivity index (χ1n) is 4.84. The zero-order chi connectivity index (χ0) is 12.3. The Morgan fingerprint density at radius 2 is 2.35 bits per heavy atom. The Morgan fingerprint density at radius 1 is 1.53 bits per heavy atom. The van der Waals surface area contributed by atoms with Gasteiger partial charge in [0.05, 0.1) is 6.54 Å². The van der Waals surface area contributed by atoms with E-state index in [0.29, 0.717) is 11.1 Å². The molecule has 0 amide bonds. The van der Waals surface area contributed by atoms with Crippen LogP contribution in [-0.4, -0.2) is 31.3 Å². The van der Waals surface area contributed by atoms with Crippen LogP contribution in [0.1, 0.15) is 6.92 Å². The molecule has 0 aliphatic carbocycles. The highest BCUT2D eigenvalue weighted by molar-refractivity contribution is 9.10. The quantitative estimate of drug-likeness (QED) is 0.800. The second-order valence-corrected chi connectivity index (χ2v) is 4.19. The number of ether oxygens (including phenoxy) is 1. The van der Waals surface area contributed by atoms with Gasteiger partial charge in [-0.1, -0.05) is 0 Å². The maximum Gasteiger partial charge on any atom is 0.251 e. The van der Waals surface area contributed by atoms with Gasteiger partial charge in [0.25, 0.3) is 5.88 Å². The van der Waals surface area contributed by atoms with Gasteiger partial charge in [0.15, 0.2) is 5.82 Å². The number of aromatic nitrogens is 5. The molecular formula is C9H9BrFN5O. The Kier molecular flexibility index (Phi) is 3.62. The highest BCUT2D eigenvalue weighted by Crippen LogP contribution is 2.18. The van der Waals surface area contributed by atoms with Crippen LogP contribution in [0.25, 0.3) is 0 Å². The number of hydrogen-bond donors (Lipinski definition) is 0. The molecule has 90 valence electrons. The van der Waals surface area contributed by atoms with E-state index in [4.69, 9.17) is 4.74 Å². The third kappa shape index (κ3) is 3.19. The van der Waals surface area contributed by atoms with Gasteiger partial charge in [-0.05, 0) is 45.4 Å². The van der Waals surface area contributed by atoms with E-state index in [9.17, 15) is 4.39 Å². The smallest absolute Gasteiger partial charge is 0.251 e. The summed E-state index contributed by atoms with van der Waals surface area (Å²) in [6.45, 7) is 2.20. The Labute approximate surface area is 105 Å². The molecular weight excluding hydrogens is 293 g/mol. The van der Waals surface area contributed by atoms with Crippen molar-refractivity contribution >= 4 is 15.9 Å². The molecule has 0 N–H and O–H groups in total. The van der Waals surface area contributed by atoms with E-state index >= 15 is 0 Å². The summed E-state index contributed by atoms with van der Waals surface area (Å²) < 4.78 is 20.7. The van der Waals surface area contributed by atoms with Gasteiger partial charge in [-0.3, -0.25) is 0 Å². The van der Waals surface area contributed by atoms with Crippen molar-refractivity contribution in [1.82, 2.24) is 25.2 Å². The molecule has 0 fully saturated rings. The Bertz CT molecular complexity index is 492. The molecule has 0 unspecified atom stereocenters. The van der Waals surface area contributed by atoms with Crippen LogP contribution in [0.5, 0.6) is 5.88 Å². The van der Waals surface area contributed by atoms with Crippen LogP contribution in [0.15, 0.2) is 23.1 Å². The van der Waals surface area contributed by atoms with Crippen LogP contribution >= 0.6 is 15.9 Å². The predicted molar refractivity (Wildman–Crippen MR) is 59.8 cm³/mol. The average molecular weight is 302 g/mol. The fraction of sp³-hybridized carbons (Fsp3) is 0.333. The molecule has 17 heavy (non-hydrogen) atoms. The third-order valence-corrected chi connectivity index (χ3v) is 2.37. The molecule has 0 spiro atoms. The van der Waals surface area contributed by atoms with Gasteiger partial charge in [-0.15, -0.1) is 5.10 Å². The van der Waals surface area contributed by atoms with Gasteiger partial charge in [0.2, 0.25) is 0 Å². The first kappa shape index (κ1) is 11.9. The van der Waals surface area contributed by atoms with Crippen molar-refractivity contribution in [1.29, 1.82) is 0 Å². The molecule has 0 saturated carbocycles. The molecule has 0 radical (unpaired) electrons. The van der Waals surface area contributed by atoms with Gasteiger partial charge in [-0.2, -0.15) is 0 Å². The molecule has 0 aromatic carbocycles. The SMILES string of the molecule is C[C@@H](Cn1cnnn1)Oc1nc(Br)ccc1F. The van der Waals surface area contributed by atoms with E-state index in [2.05, 4.69) is 36.4 Å². The highest BCUT2D eigenvalue weighted by atomic mass is 79.9. The summed E-state index contributed by atoms with van der Waals surface area (Å²) in [7, 11) is 0. The van der Waals surface area contributed by atoms with Gasteiger partial charge < -0.3 is 4.74 Å². The van der Waals surface area contributed by atoms with Crippen LogP contribution in [0.4, 0.5) is 4.39 Å². The van der Waals surface area contributed by atoms with Crippen LogP contribution in [0, 0.1) is 5.82 Å². The zero-order valence-corrected chi connectivity index (χ0v) is 10.5. The molecule has 0 saturated heterocycles. The summed E-state index contributed by atoms with van der Waals surface area (Å²) in [5.74, 6) is -0.545. The largest absolute Gasteiger partial charge is 0.471 e. The lowest BCUT2D eigenvalue weighted by atomic mass is 10.4. The Hall–Kier alpha value is -1.57. The molecule has 0 bridgehead atoms. The normalized spacial score (nSPS) is 12.4. The van der Waals surface area contributed by atoms with Gasteiger partial charge in [0.1, 0.15) is 17.0 Å². The fourth-order valence-corrected chi connectivity index (χ4v) is 1.53. The summed E-state index contributed by atoms with van der Waals surface area (Å²) in [4.78, 5) is 3.90. The third-order valence-electron chi connectivity index (χ3n) is 1.93. The van der Waals surface area contributed by atoms with Gasteiger partial charge in [-0.25, -0.2) is 14.1 Å². The maximum atomic E-state index is 13.4. The lowest BCUT2D eigenvalue weighted by molar-refractivity contribution is 0.176. The van der Waals surface area contributed by atoms with Crippen molar-refractivity contribution in [3.63, 3.8) is 0 Å². The van der Waals surface area contributed by atoms with Gasteiger partial charge in [0, 0.05) is 0 Å². The van der Waals surface area contributed by atoms with Crippen LogP contribution in [0.3, 0.4) is 0 Å². The van der Waals surface area contributed by atoms with E-state index < -0.39 is 5.82 Å². The molecule has 6 nitrogen and oxygen atoms in total. The fourth-order valence-electron chi connectivity index (χ4n) is 1.24. The second-order valence-electron chi connectivity index (χ2n) is 3.38. The average Bonchev–Trinajstić information content (AvgIpc) is 2.76. The number of hydrogen-bond acceptors (Lipinski definition) is 5. The first-order valence-corrected chi connectivity index (χ1v) is 5.64. The molecule has 0 aliphatic heterocycles. The minimum Gasteiger partial charge on any atom is -0.471 e. The topological polar surface area (TPSA) is 65.7 Å². The maximum absolute atomic E-state index is 13.4. The lowest BCUT2D eigenvalue weighted by Crippen LogP contribution is -2.21. The highest BCUT2D eigenvalue weighted by Gasteiger charge is 2.11. The number of halogens is 2. The summed E-state index contributed by atoms with van der Waals surface area (Å²) in [6, 6.07) is 2.80. The number of nitrogens with zero attached hydrogens (tertiary/aromatic N) is 5. The zero-order valence-electron chi connectivity index (χ0n) is 8.92. The molecule has 2 aromatic rings. The second kappa shape index (κ2) is 5.17. The summed E-state index contributed by atoms with van der Waals surface area (Å²) in [5.41, 5.74) is 0. The molecule has 2 aromatic heterocycles. The molecule has 2 rings (SSSR count). The summed E-state index contributed by atoms with van der Waals surface area (Å²) >= 11 is 3.15. The van der Waals surface area contributed by atoms with E-state index in [1.807, 2.05) is 0 Å². The lowest BCUT2D eigenvalue weighted by Gasteiger charge is -2.13. The van der Waals surface area contributed by atoms with E-state index in [1.165, 1.54) is 23.1 Å². The number of rotatable bonds is 4. The van der Waals surface area contributed by atoms with Crippen molar-refractivity contribution in [2.45, 2.75) is 19.6 Å². The Morgan fingerprint density at radius 3 is 3.06 bits per heavy atom. The van der Waals surface area contributed by atoms with Crippen molar-refractivity contribution in [2.24, 2.45) is 0 Å². The van der Waals surface area contributed by atoms with Crippen molar-refractivity contribution < 1.29 is 9.13 Å². The van der Waals surface area contributed by atoms with Crippen LogP contribution in [-0.2, 0) is 6.54 Å². The molecule has 2 heterocycles. The molecule has 1 atom stereocenters. The first-order chi connectivity index (χ1) is 8.15. The van der Waals surface area contributed by atoms with E-state index in [0.717, 1.165) is 0 Å². The van der Waals surface area contributed by atoms with Crippen molar-refractivity contribution in [3.05, 3.63) is 28.9 Å². The van der Waals surface area contributed by atoms with Crippen molar-refractivity contribution in [3.8, 4) is 5.88 Å². The monoisotopic (exact) mass is 301 g/mol. The number of pyridine rings is 1. The number of tetrazole rings is 1. The predicted octanol–water partition coefficient (Wildman–Crippen LogP) is 1.44.